The lowest BCUT2D eigenvalue weighted by atomic mass is 10.0. The Balaban J connectivity index is 1.37. The van der Waals surface area contributed by atoms with Crippen molar-refractivity contribution in [2.75, 3.05) is 0 Å². The summed E-state index contributed by atoms with van der Waals surface area (Å²) in [6.07, 6.45) is 0. The van der Waals surface area contributed by atoms with Crippen LogP contribution >= 0.6 is 11.3 Å². The fraction of sp³-hybridized carbons (Fsp3) is 0.0455. The zero-order valence-electron chi connectivity index (χ0n) is 15.2. The number of benzene rings is 3. The van der Waals surface area contributed by atoms with Gasteiger partial charge in [0.25, 0.3) is 0 Å². The summed E-state index contributed by atoms with van der Waals surface area (Å²) < 4.78 is 20.4. The van der Waals surface area contributed by atoms with E-state index in [4.69, 9.17) is 4.74 Å². The van der Waals surface area contributed by atoms with E-state index in [9.17, 15) is 4.39 Å². The minimum absolute atomic E-state index is 0.197. The molecule has 0 aliphatic carbocycles. The van der Waals surface area contributed by atoms with Crippen molar-refractivity contribution in [1.82, 2.24) is 19.8 Å². The Morgan fingerprint density at radius 1 is 0.793 bits per heavy atom. The first-order valence-electron chi connectivity index (χ1n) is 9.02. The zero-order chi connectivity index (χ0) is 19.6. The summed E-state index contributed by atoms with van der Waals surface area (Å²) >= 11 is 1.47. The molecule has 0 radical (unpaired) electrons. The highest BCUT2D eigenvalue weighted by Gasteiger charge is 2.13. The Morgan fingerprint density at radius 3 is 2.24 bits per heavy atom. The minimum Gasteiger partial charge on any atom is -0.486 e. The smallest absolute Gasteiger partial charge is 0.235 e. The van der Waals surface area contributed by atoms with Gasteiger partial charge in [0.05, 0.1) is 0 Å². The summed E-state index contributed by atoms with van der Waals surface area (Å²) in [5.74, 6) is 0.854. The molecule has 0 bridgehead atoms. The molecular weight excluding hydrogens is 387 g/mol. The molecular formula is C22H15FN4OS. The van der Waals surface area contributed by atoms with Crippen molar-refractivity contribution in [3.05, 3.63) is 90.5 Å². The van der Waals surface area contributed by atoms with Crippen molar-refractivity contribution in [2.24, 2.45) is 0 Å². The Bertz CT molecular complexity index is 1250. The van der Waals surface area contributed by atoms with Crippen LogP contribution < -0.4 is 4.74 Å². The maximum Gasteiger partial charge on any atom is 0.235 e. The molecule has 2 aromatic heterocycles. The third-order valence-corrected chi connectivity index (χ3v) is 5.42. The zero-order valence-corrected chi connectivity index (χ0v) is 16.0. The summed E-state index contributed by atoms with van der Waals surface area (Å²) in [5, 5.41) is 13.8. The van der Waals surface area contributed by atoms with E-state index in [1.54, 1.807) is 16.6 Å². The molecule has 5 aromatic rings. The average Bonchev–Trinajstić information content (AvgIpc) is 3.35. The molecule has 5 nitrogen and oxygen atoms in total. The largest absolute Gasteiger partial charge is 0.486 e. The molecule has 0 spiro atoms. The molecule has 0 saturated heterocycles. The van der Waals surface area contributed by atoms with Crippen LogP contribution in [0.15, 0.2) is 78.9 Å². The predicted molar refractivity (Wildman–Crippen MR) is 110 cm³/mol. The number of hydrogen-bond acceptors (Lipinski definition) is 5. The number of halogens is 1. The van der Waals surface area contributed by atoms with Gasteiger partial charge in [0.1, 0.15) is 23.2 Å². The topological polar surface area (TPSA) is 52.3 Å². The fourth-order valence-corrected chi connectivity index (χ4v) is 3.84. The van der Waals surface area contributed by atoms with E-state index in [0.717, 1.165) is 16.1 Å². The first-order chi connectivity index (χ1) is 14.3. The average molecular weight is 402 g/mol. The van der Waals surface area contributed by atoms with Gasteiger partial charge in [0, 0.05) is 5.56 Å². The molecule has 0 fully saturated rings. The number of aromatic nitrogens is 4. The first kappa shape index (κ1) is 17.5. The second kappa shape index (κ2) is 7.44. The van der Waals surface area contributed by atoms with Crippen LogP contribution in [-0.2, 0) is 6.61 Å². The third kappa shape index (κ3) is 3.60. The highest BCUT2D eigenvalue weighted by atomic mass is 32.1. The van der Waals surface area contributed by atoms with Crippen LogP contribution in [0.5, 0.6) is 5.75 Å². The van der Waals surface area contributed by atoms with Gasteiger partial charge in [-0.05, 0) is 35.4 Å². The maximum absolute atomic E-state index is 13.0. The monoisotopic (exact) mass is 402 g/mol. The van der Waals surface area contributed by atoms with Crippen LogP contribution in [0.25, 0.3) is 26.7 Å². The first-order valence-corrected chi connectivity index (χ1v) is 9.83. The number of ether oxygens (including phenoxy) is 1. The number of fused-ring (bicyclic) bond motifs is 1. The lowest BCUT2D eigenvalue weighted by Gasteiger charge is -2.03. The second-order valence-corrected chi connectivity index (χ2v) is 7.36. The predicted octanol–water partition coefficient (Wildman–Crippen LogP) is 5.24. The Labute approximate surface area is 170 Å². The van der Waals surface area contributed by atoms with E-state index in [2.05, 4.69) is 51.7 Å². The van der Waals surface area contributed by atoms with Crippen LogP contribution in [0, 0.1) is 5.82 Å². The van der Waals surface area contributed by atoms with Gasteiger partial charge in [-0.3, -0.25) is 0 Å². The van der Waals surface area contributed by atoms with Gasteiger partial charge in [-0.25, -0.2) is 4.39 Å². The highest BCUT2D eigenvalue weighted by molar-refractivity contribution is 7.19. The normalized spacial score (nSPS) is 11.1. The van der Waals surface area contributed by atoms with Gasteiger partial charge in [-0.15, -0.1) is 10.2 Å². The summed E-state index contributed by atoms with van der Waals surface area (Å²) in [5.41, 5.74) is 3.36. The van der Waals surface area contributed by atoms with E-state index in [-0.39, 0.29) is 12.4 Å². The van der Waals surface area contributed by atoms with Crippen LogP contribution in [0.1, 0.15) is 5.82 Å². The standard InChI is InChI=1S/C22H15FN4OS/c23-18-10-12-19(13-11-18)28-14-20-24-25-22-27(20)26-21(29-22)17-8-6-16(7-9-17)15-4-2-1-3-5-15/h1-13H,14H2. The van der Waals surface area contributed by atoms with Crippen molar-refractivity contribution in [1.29, 1.82) is 0 Å². The SMILES string of the molecule is Fc1ccc(OCc2nnc3sc(-c4ccc(-c5ccccc5)cc4)nn23)cc1. The molecule has 0 atom stereocenters. The minimum atomic E-state index is -0.301. The van der Waals surface area contributed by atoms with Crippen LogP contribution in [0.3, 0.4) is 0 Å². The molecule has 7 heteroatoms. The quantitative estimate of drug-likeness (QED) is 0.404. The molecule has 0 aliphatic rings. The molecule has 0 amide bonds. The molecule has 29 heavy (non-hydrogen) atoms. The summed E-state index contributed by atoms with van der Waals surface area (Å²) in [6.45, 7) is 0.197. The summed E-state index contributed by atoms with van der Waals surface area (Å²) in [6, 6.07) is 24.4. The van der Waals surface area contributed by atoms with Crippen LogP contribution in [-0.4, -0.2) is 19.8 Å². The maximum atomic E-state index is 13.0. The highest BCUT2D eigenvalue weighted by Crippen LogP contribution is 2.28. The lowest BCUT2D eigenvalue weighted by Crippen LogP contribution is -2.02. The van der Waals surface area contributed by atoms with Crippen molar-refractivity contribution in [3.8, 4) is 27.4 Å². The Morgan fingerprint density at radius 2 is 1.48 bits per heavy atom. The van der Waals surface area contributed by atoms with E-state index in [0.29, 0.717) is 16.5 Å². The Kier molecular flexibility index (Phi) is 4.50. The van der Waals surface area contributed by atoms with Crippen LogP contribution in [0.2, 0.25) is 0 Å². The van der Waals surface area contributed by atoms with Crippen molar-refractivity contribution in [3.63, 3.8) is 0 Å². The van der Waals surface area contributed by atoms with E-state index < -0.39 is 0 Å². The number of hydrogen-bond donors (Lipinski definition) is 0. The van der Waals surface area contributed by atoms with Crippen molar-refractivity contribution in [2.45, 2.75) is 6.61 Å². The molecule has 0 unspecified atom stereocenters. The summed E-state index contributed by atoms with van der Waals surface area (Å²) in [7, 11) is 0. The fourth-order valence-electron chi connectivity index (χ4n) is 2.98. The molecule has 3 aromatic carbocycles. The van der Waals surface area contributed by atoms with Crippen molar-refractivity contribution < 1.29 is 9.13 Å². The van der Waals surface area contributed by atoms with E-state index in [1.807, 2.05) is 18.2 Å². The molecule has 0 saturated carbocycles. The number of rotatable bonds is 5. The molecule has 0 aliphatic heterocycles. The molecule has 2 heterocycles. The van der Waals surface area contributed by atoms with Crippen LogP contribution in [0.4, 0.5) is 4.39 Å². The van der Waals surface area contributed by atoms with Gasteiger partial charge in [-0.2, -0.15) is 9.61 Å². The Hall–Kier alpha value is -3.58. The van der Waals surface area contributed by atoms with Gasteiger partial charge >= 0.3 is 0 Å². The molecule has 5 rings (SSSR count). The van der Waals surface area contributed by atoms with Crippen molar-refractivity contribution >= 4 is 16.3 Å². The van der Waals surface area contributed by atoms with E-state index in [1.165, 1.54) is 29.0 Å². The van der Waals surface area contributed by atoms with Gasteiger partial charge < -0.3 is 4.74 Å². The van der Waals surface area contributed by atoms with Gasteiger partial charge in [0.15, 0.2) is 5.82 Å². The number of nitrogens with zero attached hydrogens (tertiary/aromatic N) is 4. The lowest BCUT2D eigenvalue weighted by molar-refractivity contribution is 0.292. The summed E-state index contributed by atoms with van der Waals surface area (Å²) in [4.78, 5) is 0.699. The van der Waals surface area contributed by atoms with Gasteiger partial charge in [-0.1, -0.05) is 65.9 Å². The van der Waals surface area contributed by atoms with Gasteiger partial charge in [0.2, 0.25) is 4.96 Å². The molecule has 142 valence electrons. The second-order valence-electron chi connectivity index (χ2n) is 6.40. The van der Waals surface area contributed by atoms with E-state index >= 15 is 0 Å². The third-order valence-electron chi connectivity index (χ3n) is 4.48. The molecule has 0 N–H and O–H groups in total.